The minimum absolute atomic E-state index is 0.0278. The average Bonchev–Trinajstić information content (AvgIpc) is 2.69. The number of hydrogen-bond acceptors (Lipinski definition) is 7. The zero-order valence-corrected chi connectivity index (χ0v) is 15.1. The molecule has 0 spiro atoms. The minimum Gasteiger partial charge on any atom is -0.378 e. The van der Waals surface area contributed by atoms with E-state index in [1.54, 1.807) is 13.0 Å². The van der Waals surface area contributed by atoms with Crippen molar-refractivity contribution in [1.29, 1.82) is 0 Å². The molecule has 0 aliphatic carbocycles. The van der Waals surface area contributed by atoms with E-state index in [0.29, 0.717) is 37.6 Å². The number of ether oxygens (including phenoxy) is 1. The molecule has 0 radical (unpaired) electrons. The number of hydrogen-bond donors (Lipinski definition) is 1. The summed E-state index contributed by atoms with van der Waals surface area (Å²) in [6.07, 6.45) is 0. The van der Waals surface area contributed by atoms with Crippen LogP contribution in [0.2, 0.25) is 0 Å². The van der Waals surface area contributed by atoms with Gasteiger partial charge in [0, 0.05) is 31.3 Å². The smallest absolute Gasteiger partial charge is 0.293 e. The van der Waals surface area contributed by atoms with Crippen molar-refractivity contribution in [3.05, 3.63) is 67.8 Å². The first kappa shape index (κ1) is 19.2. The number of nitrogens with one attached hydrogen (secondary N) is 1. The van der Waals surface area contributed by atoms with E-state index in [1.807, 2.05) is 4.90 Å². The molecular formula is C18H18N4O6. The molecule has 2 aromatic carbocycles. The van der Waals surface area contributed by atoms with Crippen LogP contribution < -0.4 is 10.2 Å². The maximum absolute atomic E-state index is 12.9. The highest BCUT2D eigenvalue weighted by Crippen LogP contribution is 2.30. The van der Waals surface area contributed by atoms with E-state index < -0.39 is 15.8 Å². The summed E-state index contributed by atoms with van der Waals surface area (Å²) in [5.74, 6) is -0.655. The number of carbonyl (C=O) groups is 1. The molecular weight excluding hydrogens is 368 g/mol. The first-order chi connectivity index (χ1) is 13.4. The van der Waals surface area contributed by atoms with E-state index >= 15 is 0 Å². The topological polar surface area (TPSA) is 128 Å². The average molecular weight is 386 g/mol. The Hall–Kier alpha value is -3.53. The minimum atomic E-state index is -0.655. The summed E-state index contributed by atoms with van der Waals surface area (Å²) in [4.78, 5) is 36.1. The number of amides is 1. The van der Waals surface area contributed by atoms with Gasteiger partial charge >= 0.3 is 0 Å². The molecule has 0 atom stereocenters. The number of nitro groups is 2. The summed E-state index contributed by atoms with van der Waals surface area (Å²) >= 11 is 0. The summed E-state index contributed by atoms with van der Waals surface area (Å²) in [5.41, 5.74) is 0.813. The van der Waals surface area contributed by atoms with Crippen molar-refractivity contribution in [3.63, 3.8) is 0 Å². The fourth-order valence-corrected chi connectivity index (χ4v) is 2.99. The number of anilines is 2. The molecule has 10 nitrogen and oxygen atoms in total. The van der Waals surface area contributed by atoms with Crippen LogP contribution in [0.4, 0.5) is 22.7 Å². The highest BCUT2D eigenvalue weighted by Gasteiger charge is 2.24. The molecule has 28 heavy (non-hydrogen) atoms. The van der Waals surface area contributed by atoms with Gasteiger partial charge < -0.3 is 15.0 Å². The van der Waals surface area contributed by atoms with Gasteiger partial charge in [-0.05, 0) is 24.6 Å². The van der Waals surface area contributed by atoms with Gasteiger partial charge in [-0.1, -0.05) is 6.07 Å². The second-order valence-electron chi connectivity index (χ2n) is 6.29. The Morgan fingerprint density at radius 3 is 2.43 bits per heavy atom. The number of aryl methyl sites for hydroxylation is 1. The third kappa shape index (κ3) is 4.07. The summed E-state index contributed by atoms with van der Waals surface area (Å²) < 4.78 is 5.31. The Morgan fingerprint density at radius 2 is 1.79 bits per heavy atom. The molecule has 1 saturated heterocycles. The Kier molecular flexibility index (Phi) is 5.50. The van der Waals surface area contributed by atoms with Crippen LogP contribution in [0.15, 0.2) is 36.4 Å². The Balaban J connectivity index is 1.99. The zero-order valence-electron chi connectivity index (χ0n) is 15.1. The maximum atomic E-state index is 12.9. The van der Waals surface area contributed by atoms with Gasteiger partial charge in [-0.2, -0.15) is 0 Å². The quantitative estimate of drug-likeness (QED) is 0.618. The van der Waals surface area contributed by atoms with Crippen LogP contribution in [-0.2, 0) is 4.74 Å². The number of carbonyl (C=O) groups excluding carboxylic acids is 1. The predicted molar refractivity (Wildman–Crippen MR) is 102 cm³/mol. The number of benzene rings is 2. The third-order valence-electron chi connectivity index (χ3n) is 4.39. The van der Waals surface area contributed by atoms with E-state index in [4.69, 9.17) is 4.74 Å². The monoisotopic (exact) mass is 386 g/mol. The van der Waals surface area contributed by atoms with Gasteiger partial charge in [0.1, 0.15) is 5.69 Å². The Bertz CT molecular complexity index is 940. The predicted octanol–water partition coefficient (Wildman–Crippen LogP) is 2.90. The number of nitro benzene ring substituents is 2. The molecule has 1 aliphatic heterocycles. The van der Waals surface area contributed by atoms with E-state index in [9.17, 15) is 25.0 Å². The molecule has 0 bridgehead atoms. The molecule has 0 saturated carbocycles. The van der Waals surface area contributed by atoms with Crippen LogP contribution in [0.25, 0.3) is 0 Å². The van der Waals surface area contributed by atoms with E-state index in [1.165, 1.54) is 30.3 Å². The molecule has 0 unspecified atom stereocenters. The van der Waals surface area contributed by atoms with Gasteiger partial charge in [0.15, 0.2) is 0 Å². The van der Waals surface area contributed by atoms with Crippen LogP contribution >= 0.6 is 0 Å². The van der Waals surface area contributed by atoms with Crippen LogP contribution in [0.3, 0.4) is 0 Å². The van der Waals surface area contributed by atoms with E-state index in [-0.39, 0.29) is 22.6 Å². The van der Waals surface area contributed by atoms with Crippen molar-refractivity contribution < 1.29 is 19.4 Å². The van der Waals surface area contributed by atoms with Gasteiger partial charge in [-0.15, -0.1) is 0 Å². The number of nitrogens with zero attached hydrogens (tertiary/aromatic N) is 3. The van der Waals surface area contributed by atoms with Gasteiger partial charge in [0.2, 0.25) is 0 Å². The second kappa shape index (κ2) is 8.01. The maximum Gasteiger partial charge on any atom is 0.293 e. The normalized spacial score (nSPS) is 13.8. The largest absolute Gasteiger partial charge is 0.378 e. The Labute approximate surface area is 160 Å². The summed E-state index contributed by atoms with van der Waals surface area (Å²) in [6.45, 7) is 3.71. The molecule has 3 rings (SSSR count). The number of non-ortho nitro benzene ring substituents is 1. The van der Waals surface area contributed by atoms with E-state index in [2.05, 4.69) is 5.32 Å². The molecule has 1 fully saturated rings. The van der Waals surface area contributed by atoms with Crippen molar-refractivity contribution in [2.45, 2.75) is 6.92 Å². The van der Waals surface area contributed by atoms with Crippen LogP contribution in [0.5, 0.6) is 0 Å². The van der Waals surface area contributed by atoms with Crippen molar-refractivity contribution in [3.8, 4) is 0 Å². The lowest BCUT2D eigenvalue weighted by Crippen LogP contribution is -2.37. The first-order valence-corrected chi connectivity index (χ1v) is 8.54. The molecule has 1 amide bonds. The Morgan fingerprint density at radius 1 is 1.07 bits per heavy atom. The van der Waals surface area contributed by atoms with Crippen molar-refractivity contribution >= 4 is 28.7 Å². The van der Waals surface area contributed by atoms with Crippen LogP contribution in [0.1, 0.15) is 15.9 Å². The van der Waals surface area contributed by atoms with Crippen molar-refractivity contribution in [2.24, 2.45) is 0 Å². The summed E-state index contributed by atoms with van der Waals surface area (Å²) in [5, 5.41) is 25.0. The second-order valence-corrected chi connectivity index (χ2v) is 6.29. The SMILES string of the molecule is Cc1ccc(NC(=O)c2cc([N+](=O)[O-])ccc2N2CCOCC2)c([N+](=O)[O-])c1. The van der Waals surface area contributed by atoms with Crippen LogP contribution in [-0.4, -0.2) is 42.1 Å². The summed E-state index contributed by atoms with van der Waals surface area (Å²) in [7, 11) is 0. The van der Waals surface area contributed by atoms with Gasteiger partial charge in [0.05, 0.1) is 34.3 Å². The molecule has 1 aliphatic rings. The molecule has 1 N–H and O–H groups in total. The lowest BCUT2D eigenvalue weighted by atomic mass is 10.1. The van der Waals surface area contributed by atoms with Crippen LogP contribution in [0, 0.1) is 27.2 Å². The van der Waals surface area contributed by atoms with Gasteiger partial charge in [0.25, 0.3) is 17.3 Å². The van der Waals surface area contributed by atoms with Crippen molar-refractivity contribution in [1.82, 2.24) is 0 Å². The standard InChI is InChI=1S/C18H18N4O6/c1-12-2-4-15(17(10-12)22(26)27)19-18(23)14-11-13(21(24)25)3-5-16(14)20-6-8-28-9-7-20/h2-5,10-11H,6-9H2,1H3,(H,19,23). The fourth-order valence-electron chi connectivity index (χ4n) is 2.99. The number of rotatable bonds is 5. The molecule has 0 aromatic heterocycles. The fraction of sp³-hybridized carbons (Fsp3) is 0.278. The van der Waals surface area contributed by atoms with E-state index in [0.717, 1.165) is 0 Å². The third-order valence-corrected chi connectivity index (χ3v) is 4.39. The lowest BCUT2D eigenvalue weighted by molar-refractivity contribution is -0.384. The molecule has 2 aromatic rings. The van der Waals surface area contributed by atoms with Gasteiger partial charge in [-0.25, -0.2) is 0 Å². The lowest BCUT2D eigenvalue weighted by Gasteiger charge is -2.30. The highest BCUT2D eigenvalue weighted by atomic mass is 16.6. The van der Waals surface area contributed by atoms with Crippen molar-refractivity contribution in [2.75, 3.05) is 36.5 Å². The highest BCUT2D eigenvalue weighted by molar-refractivity contribution is 6.09. The summed E-state index contributed by atoms with van der Waals surface area (Å²) in [6, 6.07) is 8.46. The number of morpholine rings is 1. The molecule has 10 heteroatoms. The molecule has 1 heterocycles. The first-order valence-electron chi connectivity index (χ1n) is 8.54. The molecule has 146 valence electrons. The van der Waals surface area contributed by atoms with Gasteiger partial charge in [-0.3, -0.25) is 25.0 Å². The zero-order chi connectivity index (χ0) is 20.3.